The van der Waals surface area contributed by atoms with Gasteiger partial charge in [-0.2, -0.15) is 0 Å². The highest BCUT2D eigenvalue weighted by atomic mass is 16.2. The molecule has 0 aromatic heterocycles. The number of hydrogen-bond acceptors (Lipinski definition) is 1. The molecule has 13 heavy (non-hydrogen) atoms. The third kappa shape index (κ3) is 24.5. The van der Waals surface area contributed by atoms with Crippen molar-refractivity contribution < 1.29 is 5.11 Å². The number of allylic oxidation sites excluding steroid dienone is 2. The van der Waals surface area contributed by atoms with Crippen LogP contribution in [0.1, 0.15) is 59.3 Å². The molecular weight excluding hydrogens is 160 g/mol. The minimum absolute atomic E-state index is 0.250. The average molecular weight is 186 g/mol. The van der Waals surface area contributed by atoms with Crippen molar-refractivity contribution in [1.82, 2.24) is 0 Å². The zero-order chi connectivity index (χ0) is 10.4. The summed E-state index contributed by atoms with van der Waals surface area (Å²) >= 11 is 0. The van der Waals surface area contributed by atoms with Crippen molar-refractivity contribution in [2.24, 2.45) is 0 Å². The Morgan fingerprint density at radius 1 is 1.00 bits per heavy atom. The molecule has 1 nitrogen and oxygen atoms in total. The highest BCUT2D eigenvalue weighted by molar-refractivity contribution is 4.76. The molecule has 0 aliphatic heterocycles. The van der Waals surface area contributed by atoms with Gasteiger partial charge < -0.3 is 5.11 Å². The van der Waals surface area contributed by atoms with Crippen LogP contribution >= 0.6 is 0 Å². The van der Waals surface area contributed by atoms with Gasteiger partial charge in [-0.05, 0) is 26.7 Å². The zero-order valence-electron chi connectivity index (χ0n) is 9.55. The second-order valence-electron chi connectivity index (χ2n) is 3.09. The van der Waals surface area contributed by atoms with Gasteiger partial charge in [0.05, 0.1) is 0 Å². The van der Waals surface area contributed by atoms with Crippen molar-refractivity contribution >= 4 is 0 Å². The molecule has 80 valence electrons. The summed E-state index contributed by atoms with van der Waals surface area (Å²) in [5.74, 6) is 0. The fourth-order valence-electron chi connectivity index (χ4n) is 1.03. The second kappa shape index (κ2) is 17.7. The van der Waals surface area contributed by atoms with Crippen LogP contribution in [0.2, 0.25) is 0 Å². The molecule has 0 spiro atoms. The number of aliphatic hydroxyl groups excluding tert-OH is 1. The van der Waals surface area contributed by atoms with Gasteiger partial charge in [0.1, 0.15) is 0 Å². The van der Waals surface area contributed by atoms with E-state index in [1.54, 1.807) is 6.92 Å². The van der Waals surface area contributed by atoms with Crippen LogP contribution in [0.5, 0.6) is 0 Å². The van der Waals surface area contributed by atoms with Crippen LogP contribution in [0, 0.1) is 0 Å². The molecule has 0 aromatic carbocycles. The second-order valence-corrected chi connectivity index (χ2v) is 3.09. The standard InChI is InChI=1S/C10H20.C2H6O/c1-3-5-7-9-10-8-6-4-2;1-2-3/h3,5H,4,6-10H2,1-2H3;3H,2H2,1H3. The molecule has 0 bridgehead atoms. The van der Waals surface area contributed by atoms with Crippen LogP contribution in [0.25, 0.3) is 0 Å². The first-order chi connectivity index (χ1) is 6.33. The lowest BCUT2D eigenvalue weighted by molar-refractivity contribution is 0.318. The van der Waals surface area contributed by atoms with Gasteiger partial charge in [0.25, 0.3) is 0 Å². The van der Waals surface area contributed by atoms with Crippen molar-refractivity contribution in [1.29, 1.82) is 0 Å². The number of rotatable bonds is 6. The van der Waals surface area contributed by atoms with E-state index in [4.69, 9.17) is 5.11 Å². The summed E-state index contributed by atoms with van der Waals surface area (Å²) < 4.78 is 0. The van der Waals surface area contributed by atoms with Crippen LogP contribution < -0.4 is 0 Å². The fraction of sp³-hybridized carbons (Fsp3) is 0.833. The predicted molar refractivity (Wildman–Crippen MR) is 60.9 cm³/mol. The van der Waals surface area contributed by atoms with E-state index in [0.717, 1.165) is 0 Å². The van der Waals surface area contributed by atoms with Gasteiger partial charge in [-0.1, -0.05) is 44.8 Å². The van der Waals surface area contributed by atoms with Gasteiger partial charge in [0.2, 0.25) is 0 Å². The Kier molecular flexibility index (Phi) is 20.7. The van der Waals surface area contributed by atoms with E-state index in [2.05, 4.69) is 26.0 Å². The fourth-order valence-corrected chi connectivity index (χ4v) is 1.03. The molecule has 0 aliphatic carbocycles. The quantitative estimate of drug-likeness (QED) is 0.492. The lowest BCUT2D eigenvalue weighted by atomic mass is 10.1. The molecule has 0 saturated heterocycles. The normalized spacial score (nSPS) is 9.85. The summed E-state index contributed by atoms with van der Waals surface area (Å²) in [6, 6.07) is 0. The molecule has 0 aliphatic rings. The van der Waals surface area contributed by atoms with E-state index < -0.39 is 0 Å². The molecule has 0 unspecified atom stereocenters. The third-order valence-electron chi connectivity index (χ3n) is 1.71. The maximum absolute atomic E-state index is 7.57. The SMILES string of the molecule is CC=CCCCCCCC.CCO. The van der Waals surface area contributed by atoms with E-state index in [0.29, 0.717) is 0 Å². The van der Waals surface area contributed by atoms with Crippen LogP contribution in [-0.2, 0) is 0 Å². The Labute approximate surface area is 83.9 Å². The summed E-state index contributed by atoms with van der Waals surface area (Å²) in [5.41, 5.74) is 0. The van der Waals surface area contributed by atoms with Gasteiger partial charge in [-0.25, -0.2) is 0 Å². The Morgan fingerprint density at radius 2 is 1.54 bits per heavy atom. The Balaban J connectivity index is 0. The maximum atomic E-state index is 7.57. The molecule has 0 aromatic rings. The van der Waals surface area contributed by atoms with Gasteiger partial charge in [0, 0.05) is 6.61 Å². The summed E-state index contributed by atoms with van der Waals surface area (Å²) in [4.78, 5) is 0. The van der Waals surface area contributed by atoms with Crippen LogP contribution in [0.4, 0.5) is 0 Å². The van der Waals surface area contributed by atoms with Crippen molar-refractivity contribution in [3.8, 4) is 0 Å². The minimum atomic E-state index is 0.250. The number of hydrogen-bond donors (Lipinski definition) is 1. The van der Waals surface area contributed by atoms with Gasteiger partial charge in [-0.15, -0.1) is 0 Å². The first-order valence-electron chi connectivity index (χ1n) is 5.55. The van der Waals surface area contributed by atoms with Gasteiger partial charge >= 0.3 is 0 Å². The summed E-state index contributed by atoms with van der Waals surface area (Å²) in [6.45, 7) is 6.28. The van der Waals surface area contributed by atoms with Crippen molar-refractivity contribution in [3.63, 3.8) is 0 Å². The van der Waals surface area contributed by atoms with Crippen LogP contribution in [0.3, 0.4) is 0 Å². The molecule has 1 heteroatoms. The molecular formula is C12H26O. The van der Waals surface area contributed by atoms with Crippen LogP contribution in [-0.4, -0.2) is 11.7 Å². The Bertz CT molecular complexity index is 87.1. The Hall–Kier alpha value is -0.300. The first-order valence-corrected chi connectivity index (χ1v) is 5.55. The third-order valence-corrected chi connectivity index (χ3v) is 1.71. The summed E-state index contributed by atoms with van der Waals surface area (Å²) in [6.07, 6.45) is 12.7. The molecule has 0 heterocycles. The topological polar surface area (TPSA) is 20.2 Å². The monoisotopic (exact) mass is 186 g/mol. The molecule has 0 amide bonds. The molecule has 0 saturated carbocycles. The van der Waals surface area contributed by atoms with Crippen molar-refractivity contribution in [3.05, 3.63) is 12.2 Å². The van der Waals surface area contributed by atoms with E-state index in [1.165, 1.54) is 38.5 Å². The average Bonchev–Trinajstić information content (AvgIpc) is 2.13. The lowest BCUT2D eigenvalue weighted by Crippen LogP contribution is -1.75. The minimum Gasteiger partial charge on any atom is -0.397 e. The molecule has 0 radical (unpaired) electrons. The van der Waals surface area contributed by atoms with Crippen LogP contribution in [0.15, 0.2) is 12.2 Å². The van der Waals surface area contributed by atoms with E-state index in [9.17, 15) is 0 Å². The van der Waals surface area contributed by atoms with E-state index in [-0.39, 0.29) is 6.61 Å². The lowest BCUT2D eigenvalue weighted by Gasteiger charge is -1.95. The van der Waals surface area contributed by atoms with E-state index in [1.807, 2.05) is 0 Å². The molecule has 1 N–H and O–H groups in total. The van der Waals surface area contributed by atoms with Crippen molar-refractivity contribution in [2.75, 3.05) is 6.61 Å². The highest BCUT2D eigenvalue weighted by Crippen LogP contribution is 2.04. The smallest absolute Gasteiger partial charge is 0.0402 e. The summed E-state index contributed by atoms with van der Waals surface area (Å²) in [7, 11) is 0. The largest absolute Gasteiger partial charge is 0.397 e. The summed E-state index contributed by atoms with van der Waals surface area (Å²) in [5, 5.41) is 7.57. The Morgan fingerprint density at radius 3 is 2.00 bits per heavy atom. The van der Waals surface area contributed by atoms with Crippen molar-refractivity contribution in [2.45, 2.75) is 59.3 Å². The maximum Gasteiger partial charge on any atom is 0.0402 e. The molecule has 0 atom stereocenters. The molecule has 0 fully saturated rings. The zero-order valence-corrected chi connectivity index (χ0v) is 9.55. The number of aliphatic hydroxyl groups is 1. The van der Waals surface area contributed by atoms with Gasteiger partial charge in [0.15, 0.2) is 0 Å². The highest BCUT2D eigenvalue weighted by Gasteiger charge is 1.84. The molecule has 0 rings (SSSR count). The first kappa shape index (κ1) is 15.2. The van der Waals surface area contributed by atoms with Gasteiger partial charge in [-0.3, -0.25) is 0 Å². The van der Waals surface area contributed by atoms with E-state index >= 15 is 0 Å². The predicted octanol–water partition coefficient (Wildman–Crippen LogP) is 3.92. The number of unbranched alkanes of at least 4 members (excludes halogenated alkanes) is 5.